The lowest BCUT2D eigenvalue weighted by atomic mass is 10.0. The summed E-state index contributed by atoms with van der Waals surface area (Å²) in [5, 5.41) is 1.15. The van der Waals surface area contributed by atoms with Crippen molar-refractivity contribution in [2.75, 3.05) is 12.3 Å². The Labute approximate surface area is 182 Å². The molecule has 1 aliphatic rings. The molecule has 0 spiro atoms. The summed E-state index contributed by atoms with van der Waals surface area (Å²) in [6.07, 6.45) is 7.31. The van der Waals surface area contributed by atoms with E-state index in [-0.39, 0.29) is 23.1 Å². The van der Waals surface area contributed by atoms with Gasteiger partial charge in [0.25, 0.3) is 9.04 Å². The van der Waals surface area contributed by atoms with Crippen LogP contribution in [-0.2, 0) is 9.16 Å². The van der Waals surface area contributed by atoms with Crippen LogP contribution in [0.5, 0.6) is 0 Å². The van der Waals surface area contributed by atoms with Crippen molar-refractivity contribution in [3.05, 3.63) is 42.7 Å². The summed E-state index contributed by atoms with van der Waals surface area (Å²) in [5.74, 6) is 2.79. The maximum atomic E-state index is 13.7. The Kier molecular flexibility index (Phi) is 5.55. The molecule has 1 radical (unpaired) electrons. The minimum absolute atomic E-state index is 0.00827. The number of benzene rings is 1. The summed E-state index contributed by atoms with van der Waals surface area (Å²) in [4.78, 5) is 11.6. The van der Waals surface area contributed by atoms with E-state index in [4.69, 9.17) is 21.3 Å². The number of imidazole rings is 1. The standard InChI is InChI=1S/C22H25FN5O2Si/c1-5-22(13-29-31(21(2,3)4)15-9-7-6-8-10-15)12-11-16(30-22)28-14-25-17-18(24)26-20(23)27-19(17)28/h1,6-10,14,16H,11-13H2,2-4H3,(H2,24,26,27)/t16-,22+/m1/s1. The zero-order chi connectivity index (χ0) is 22.2. The number of nitrogens with two attached hydrogens (primary N) is 1. The number of halogens is 1. The second kappa shape index (κ2) is 8.03. The normalized spacial score (nSPS) is 21.6. The molecule has 4 rings (SSSR count). The molecule has 1 saturated heterocycles. The van der Waals surface area contributed by atoms with Crippen LogP contribution in [0.1, 0.15) is 39.8 Å². The third-order valence-corrected chi connectivity index (χ3v) is 7.97. The molecule has 2 N–H and O–H groups in total. The molecule has 7 nitrogen and oxygen atoms in total. The fourth-order valence-electron chi connectivity index (χ4n) is 3.82. The van der Waals surface area contributed by atoms with Crippen molar-refractivity contribution < 1.29 is 13.6 Å². The Bertz CT molecular complexity index is 1120. The molecule has 0 saturated carbocycles. The minimum Gasteiger partial charge on any atom is -0.407 e. The quantitative estimate of drug-likeness (QED) is 0.374. The molecule has 0 unspecified atom stereocenters. The number of hydrogen-bond acceptors (Lipinski definition) is 6. The second-order valence-corrected chi connectivity index (χ2v) is 11.7. The highest BCUT2D eigenvalue weighted by atomic mass is 28.3. The molecule has 0 amide bonds. The summed E-state index contributed by atoms with van der Waals surface area (Å²) in [5.41, 5.74) is 5.51. The van der Waals surface area contributed by atoms with Crippen LogP contribution in [0.25, 0.3) is 11.2 Å². The summed E-state index contributed by atoms with van der Waals surface area (Å²) < 4.78 is 28.1. The van der Waals surface area contributed by atoms with Crippen molar-refractivity contribution in [2.24, 2.45) is 0 Å². The van der Waals surface area contributed by atoms with Crippen LogP contribution >= 0.6 is 0 Å². The van der Waals surface area contributed by atoms with Crippen molar-refractivity contribution >= 4 is 31.2 Å². The fourth-order valence-corrected chi connectivity index (χ4v) is 6.16. The van der Waals surface area contributed by atoms with Crippen LogP contribution in [0, 0.1) is 18.4 Å². The van der Waals surface area contributed by atoms with Crippen molar-refractivity contribution in [3.8, 4) is 12.3 Å². The van der Waals surface area contributed by atoms with Gasteiger partial charge in [-0.15, -0.1) is 6.42 Å². The lowest BCUT2D eigenvalue weighted by Gasteiger charge is -2.32. The van der Waals surface area contributed by atoms with E-state index < -0.39 is 26.9 Å². The van der Waals surface area contributed by atoms with Gasteiger partial charge in [0, 0.05) is 0 Å². The van der Waals surface area contributed by atoms with Gasteiger partial charge < -0.3 is 14.9 Å². The average Bonchev–Trinajstić information content (AvgIpc) is 3.33. The van der Waals surface area contributed by atoms with Crippen molar-refractivity contribution in [2.45, 2.75) is 50.5 Å². The van der Waals surface area contributed by atoms with Crippen LogP contribution in [-0.4, -0.2) is 40.8 Å². The highest BCUT2D eigenvalue weighted by Gasteiger charge is 2.42. The molecule has 2 aromatic heterocycles. The van der Waals surface area contributed by atoms with Gasteiger partial charge in [0.05, 0.1) is 12.9 Å². The van der Waals surface area contributed by atoms with Gasteiger partial charge in [-0.3, -0.25) is 4.57 Å². The number of ether oxygens (including phenoxy) is 1. The van der Waals surface area contributed by atoms with Gasteiger partial charge in [-0.05, 0) is 23.1 Å². The van der Waals surface area contributed by atoms with Gasteiger partial charge in [-0.1, -0.05) is 57.0 Å². The average molecular weight is 439 g/mol. The molecule has 1 fully saturated rings. The largest absolute Gasteiger partial charge is 0.407 e. The maximum absolute atomic E-state index is 13.7. The molecule has 3 aromatic rings. The van der Waals surface area contributed by atoms with E-state index in [0.29, 0.717) is 18.4 Å². The van der Waals surface area contributed by atoms with Crippen LogP contribution in [0.15, 0.2) is 36.7 Å². The van der Waals surface area contributed by atoms with Gasteiger partial charge >= 0.3 is 6.08 Å². The molecule has 2 atom stereocenters. The topological polar surface area (TPSA) is 88.1 Å². The zero-order valence-corrected chi connectivity index (χ0v) is 18.8. The van der Waals surface area contributed by atoms with Gasteiger partial charge in [0.2, 0.25) is 0 Å². The third kappa shape index (κ3) is 4.19. The maximum Gasteiger partial charge on any atom is 0.312 e. The Hall–Kier alpha value is -2.80. The van der Waals surface area contributed by atoms with E-state index in [0.717, 1.165) is 0 Å². The molecule has 161 valence electrons. The fraction of sp³-hybridized carbons (Fsp3) is 0.409. The van der Waals surface area contributed by atoms with Crippen LogP contribution in [0.4, 0.5) is 10.2 Å². The Morgan fingerprint density at radius 3 is 2.77 bits per heavy atom. The highest BCUT2D eigenvalue weighted by Crippen LogP contribution is 2.39. The van der Waals surface area contributed by atoms with Crippen LogP contribution < -0.4 is 10.9 Å². The third-order valence-electron chi connectivity index (χ3n) is 5.32. The van der Waals surface area contributed by atoms with Crippen molar-refractivity contribution in [1.29, 1.82) is 0 Å². The molecule has 0 bridgehead atoms. The van der Waals surface area contributed by atoms with Crippen molar-refractivity contribution in [1.82, 2.24) is 19.5 Å². The predicted molar refractivity (Wildman–Crippen MR) is 118 cm³/mol. The molecule has 31 heavy (non-hydrogen) atoms. The van der Waals surface area contributed by atoms with Gasteiger partial charge in [-0.2, -0.15) is 14.4 Å². The lowest BCUT2D eigenvalue weighted by molar-refractivity contribution is -0.0576. The summed E-state index contributed by atoms with van der Waals surface area (Å²) >= 11 is 0. The molecular weight excluding hydrogens is 413 g/mol. The number of rotatable bonds is 5. The van der Waals surface area contributed by atoms with E-state index in [1.54, 1.807) is 4.57 Å². The van der Waals surface area contributed by atoms with Crippen LogP contribution in [0.3, 0.4) is 0 Å². The molecular formula is C22H25FN5O2Si. The number of aromatic nitrogens is 4. The second-order valence-electron chi connectivity index (χ2n) is 8.69. The Balaban J connectivity index is 1.55. The van der Waals surface area contributed by atoms with Gasteiger partial charge in [0.15, 0.2) is 22.6 Å². The van der Waals surface area contributed by atoms with Crippen molar-refractivity contribution in [3.63, 3.8) is 0 Å². The number of hydrogen-bond donors (Lipinski definition) is 1. The smallest absolute Gasteiger partial charge is 0.312 e. The first kappa shape index (κ1) is 21.4. The molecule has 1 aliphatic heterocycles. The van der Waals surface area contributed by atoms with E-state index in [9.17, 15) is 4.39 Å². The van der Waals surface area contributed by atoms with E-state index in [2.05, 4.69) is 53.8 Å². The number of fused-ring (bicyclic) bond motifs is 1. The van der Waals surface area contributed by atoms with Gasteiger partial charge in [0.1, 0.15) is 6.23 Å². The van der Waals surface area contributed by atoms with Gasteiger partial charge in [-0.25, -0.2) is 4.98 Å². The minimum atomic E-state index is -1.37. The Morgan fingerprint density at radius 2 is 2.10 bits per heavy atom. The molecule has 3 heterocycles. The summed E-state index contributed by atoms with van der Waals surface area (Å²) in [6, 6.07) is 10.2. The SMILES string of the molecule is C#C[C@@]1(CO[Si](c2ccccc2)C(C)(C)C)CC[C@H](n2cnc3c(N)nc(F)nc32)O1. The molecule has 0 aliphatic carbocycles. The van der Waals surface area contributed by atoms with E-state index >= 15 is 0 Å². The zero-order valence-electron chi connectivity index (χ0n) is 17.8. The monoisotopic (exact) mass is 438 g/mol. The first-order valence-corrected chi connectivity index (χ1v) is 11.5. The Morgan fingerprint density at radius 1 is 1.35 bits per heavy atom. The molecule has 1 aromatic carbocycles. The molecule has 9 heteroatoms. The number of nitrogens with zero attached hydrogens (tertiary/aromatic N) is 4. The summed E-state index contributed by atoms with van der Waals surface area (Å²) in [7, 11) is -1.37. The summed E-state index contributed by atoms with van der Waals surface area (Å²) in [6.45, 7) is 6.79. The predicted octanol–water partition coefficient (Wildman–Crippen LogP) is 2.94. The number of nitrogen functional groups attached to an aromatic ring is 1. The number of terminal acetylenes is 1. The van der Waals surface area contributed by atoms with E-state index in [1.807, 2.05) is 18.2 Å². The first-order chi connectivity index (χ1) is 14.7. The van der Waals surface area contributed by atoms with Crippen LogP contribution in [0.2, 0.25) is 5.04 Å². The lowest BCUT2D eigenvalue weighted by Crippen LogP contribution is -2.45. The first-order valence-electron chi connectivity index (χ1n) is 10.1. The van der Waals surface area contributed by atoms with E-state index in [1.165, 1.54) is 11.5 Å². The number of anilines is 1. The highest BCUT2D eigenvalue weighted by molar-refractivity contribution is 6.70.